The van der Waals surface area contributed by atoms with Gasteiger partial charge in [-0.05, 0) is 12.5 Å². The lowest BCUT2D eigenvalue weighted by atomic mass is 10.2. The van der Waals surface area contributed by atoms with E-state index in [1.165, 1.54) is 11.1 Å². The van der Waals surface area contributed by atoms with E-state index in [-0.39, 0.29) is 0 Å². The molecule has 0 atom stereocenters. The summed E-state index contributed by atoms with van der Waals surface area (Å²) in [6.07, 6.45) is 0. The Morgan fingerprint density at radius 2 is 1.67 bits per heavy atom. The standard InChI is InChI=1S/C11H18O3Si/c1-10-6-5-7-11(8-10)9-15(12-2,13-3)14-4/h5-8H,9H2,1-4H3. The van der Waals surface area contributed by atoms with Crippen molar-refractivity contribution in [3.05, 3.63) is 35.4 Å². The summed E-state index contributed by atoms with van der Waals surface area (Å²) in [5.41, 5.74) is 2.42. The maximum absolute atomic E-state index is 5.37. The molecule has 3 nitrogen and oxygen atoms in total. The van der Waals surface area contributed by atoms with E-state index in [9.17, 15) is 0 Å². The summed E-state index contributed by atoms with van der Waals surface area (Å²) in [5.74, 6) is 0. The van der Waals surface area contributed by atoms with Gasteiger partial charge in [-0.15, -0.1) is 0 Å². The molecule has 0 unspecified atom stereocenters. The Balaban J connectivity index is 2.82. The maximum Gasteiger partial charge on any atom is 0.504 e. The predicted molar refractivity (Wildman–Crippen MR) is 61.7 cm³/mol. The summed E-state index contributed by atoms with van der Waals surface area (Å²) in [4.78, 5) is 0. The lowest BCUT2D eigenvalue weighted by Crippen LogP contribution is -2.45. The van der Waals surface area contributed by atoms with E-state index >= 15 is 0 Å². The molecule has 0 saturated heterocycles. The summed E-state index contributed by atoms with van der Waals surface area (Å²) in [5, 5.41) is 0. The van der Waals surface area contributed by atoms with Gasteiger partial charge in [0.05, 0.1) is 0 Å². The normalized spacial score (nSPS) is 11.7. The van der Waals surface area contributed by atoms with Gasteiger partial charge in [-0.2, -0.15) is 0 Å². The molecule has 0 fully saturated rings. The molecule has 4 heteroatoms. The van der Waals surface area contributed by atoms with Crippen LogP contribution in [0, 0.1) is 6.92 Å². The van der Waals surface area contributed by atoms with Crippen molar-refractivity contribution in [1.82, 2.24) is 0 Å². The van der Waals surface area contributed by atoms with Crippen LogP contribution in [0.2, 0.25) is 0 Å². The van der Waals surface area contributed by atoms with Crippen molar-refractivity contribution < 1.29 is 13.3 Å². The van der Waals surface area contributed by atoms with Crippen LogP contribution in [0.4, 0.5) is 0 Å². The first-order valence-corrected chi connectivity index (χ1v) is 6.80. The Morgan fingerprint density at radius 3 is 2.13 bits per heavy atom. The molecule has 0 amide bonds. The molecule has 1 rings (SSSR count). The fourth-order valence-corrected chi connectivity index (χ4v) is 3.19. The lowest BCUT2D eigenvalue weighted by molar-refractivity contribution is 0.122. The van der Waals surface area contributed by atoms with E-state index in [1.807, 2.05) is 6.07 Å². The highest BCUT2D eigenvalue weighted by molar-refractivity contribution is 6.60. The van der Waals surface area contributed by atoms with Gasteiger partial charge in [0.1, 0.15) is 0 Å². The molecular formula is C11H18O3Si. The van der Waals surface area contributed by atoms with Gasteiger partial charge < -0.3 is 13.3 Å². The van der Waals surface area contributed by atoms with Crippen LogP contribution in [-0.4, -0.2) is 30.1 Å². The van der Waals surface area contributed by atoms with Gasteiger partial charge in [-0.1, -0.05) is 29.8 Å². The monoisotopic (exact) mass is 226 g/mol. The van der Waals surface area contributed by atoms with Gasteiger partial charge in [-0.25, -0.2) is 0 Å². The van der Waals surface area contributed by atoms with E-state index in [2.05, 4.69) is 25.1 Å². The second-order valence-electron chi connectivity index (χ2n) is 3.46. The zero-order valence-electron chi connectivity index (χ0n) is 9.74. The summed E-state index contributed by atoms with van der Waals surface area (Å²) in [6, 6.07) is 8.99. The van der Waals surface area contributed by atoms with E-state index in [0.717, 1.165) is 0 Å². The van der Waals surface area contributed by atoms with Crippen LogP contribution in [0.15, 0.2) is 24.3 Å². The molecule has 0 saturated carbocycles. The smallest absolute Gasteiger partial charge is 0.377 e. The molecule has 0 spiro atoms. The third-order valence-corrected chi connectivity index (χ3v) is 5.14. The third-order valence-electron chi connectivity index (χ3n) is 2.44. The molecule has 0 N–H and O–H groups in total. The Kier molecular flexibility index (Phi) is 4.47. The third kappa shape index (κ3) is 3.14. The number of hydrogen-bond donors (Lipinski definition) is 0. The molecule has 0 aliphatic carbocycles. The van der Waals surface area contributed by atoms with E-state index in [4.69, 9.17) is 13.3 Å². The summed E-state index contributed by atoms with van der Waals surface area (Å²) >= 11 is 0. The minimum Gasteiger partial charge on any atom is -0.377 e. The average molecular weight is 226 g/mol. The van der Waals surface area contributed by atoms with Crippen LogP contribution >= 0.6 is 0 Å². The zero-order chi connectivity index (χ0) is 11.3. The molecule has 0 aromatic heterocycles. The molecule has 0 heterocycles. The zero-order valence-corrected chi connectivity index (χ0v) is 10.7. The fourth-order valence-electron chi connectivity index (χ4n) is 1.54. The van der Waals surface area contributed by atoms with Crippen molar-refractivity contribution in [2.45, 2.75) is 13.0 Å². The Hall–Kier alpha value is -0.683. The number of rotatable bonds is 5. The van der Waals surface area contributed by atoms with Crippen LogP contribution in [-0.2, 0) is 19.3 Å². The van der Waals surface area contributed by atoms with E-state index < -0.39 is 8.80 Å². The highest BCUT2D eigenvalue weighted by atomic mass is 28.4. The summed E-state index contributed by atoms with van der Waals surface area (Å²) < 4.78 is 16.1. The number of benzene rings is 1. The van der Waals surface area contributed by atoms with Crippen LogP contribution in [0.25, 0.3) is 0 Å². The van der Waals surface area contributed by atoms with Crippen LogP contribution < -0.4 is 0 Å². The SMILES string of the molecule is CO[Si](Cc1cccc(C)c1)(OC)OC. The van der Waals surface area contributed by atoms with Crippen LogP contribution in [0.5, 0.6) is 0 Å². The molecule has 1 aromatic carbocycles. The second kappa shape index (κ2) is 5.41. The minimum atomic E-state index is -2.48. The largest absolute Gasteiger partial charge is 0.504 e. The summed E-state index contributed by atoms with van der Waals surface area (Å²) in [7, 11) is 2.42. The topological polar surface area (TPSA) is 27.7 Å². The van der Waals surface area contributed by atoms with Gasteiger partial charge in [0.15, 0.2) is 0 Å². The predicted octanol–water partition coefficient (Wildman–Crippen LogP) is 1.95. The number of aryl methyl sites for hydroxylation is 1. The molecule has 84 valence electrons. The van der Waals surface area contributed by atoms with Crippen molar-refractivity contribution in [1.29, 1.82) is 0 Å². The molecule has 0 aliphatic rings. The van der Waals surface area contributed by atoms with E-state index in [0.29, 0.717) is 6.04 Å². The molecule has 0 bridgehead atoms. The van der Waals surface area contributed by atoms with Gasteiger partial charge >= 0.3 is 8.80 Å². The van der Waals surface area contributed by atoms with Crippen molar-refractivity contribution in [3.63, 3.8) is 0 Å². The van der Waals surface area contributed by atoms with Crippen molar-refractivity contribution in [3.8, 4) is 0 Å². The highest BCUT2D eigenvalue weighted by Crippen LogP contribution is 2.15. The maximum atomic E-state index is 5.37. The Bertz CT molecular complexity index is 302. The van der Waals surface area contributed by atoms with Gasteiger partial charge in [0.25, 0.3) is 0 Å². The average Bonchev–Trinajstić information content (AvgIpc) is 2.26. The van der Waals surface area contributed by atoms with Gasteiger partial charge in [0.2, 0.25) is 0 Å². The van der Waals surface area contributed by atoms with Crippen molar-refractivity contribution >= 4 is 8.80 Å². The first kappa shape index (κ1) is 12.4. The molecule has 0 aliphatic heterocycles. The van der Waals surface area contributed by atoms with Crippen molar-refractivity contribution in [2.75, 3.05) is 21.3 Å². The summed E-state index contributed by atoms with van der Waals surface area (Å²) in [6.45, 7) is 2.07. The Labute approximate surface area is 92.3 Å². The lowest BCUT2D eigenvalue weighted by Gasteiger charge is -2.24. The number of hydrogen-bond acceptors (Lipinski definition) is 3. The first-order valence-electron chi connectivity index (χ1n) is 4.87. The van der Waals surface area contributed by atoms with E-state index in [1.54, 1.807) is 21.3 Å². The van der Waals surface area contributed by atoms with Crippen LogP contribution in [0.3, 0.4) is 0 Å². The molecule has 1 aromatic rings. The fraction of sp³-hybridized carbons (Fsp3) is 0.455. The first-order chi connectivity index (χ1) is 7.15. The quantitative estimate of drug-likeness (QED) is 0.718. The van der Waals surface area contributed by atoms with Gasteiger partial charge in [-0.3, -0.25) is 0 Å². The van der Waals surface area contributed by atoms with Crippen LogP contribution in [0.1, 0.15) is 11.1 Å². The Morgan fingerprint density at radius 1 is 1.07 bits per heavy atom. The molecular weight excluding hydrogens is 208 g/mol. The molecule has 0 radical (unpaired) electrons. The highest BCUT2D eigenvalue weighted by Gasteiger charge is 2.37. The molecule has 15 heavy (non-hydrogen) atoms. The van der Waals surface area contributed by atoms with Gasteiger partial charge in [0, 0.05) is 27.4 Å². The second-order valence-corrected chi connectivity index (χ2v) is 6.41. The van der Waals surface area contributed by atoms with Crippen molar-refractivity contribution in [2.24, 2.45) is 0 Å². The minimum absolute atomic E-state index is 0.707.